The summed E-state index contributed by atoms with van der Waals surface area (Å²) in [5.74, 6) is 0.527. The Morgan fingerprint density at radius 1 is 1.00 bits per heavy atom. The van der Waals surface area contributed by atoms with Gasteiger partial charge in [0, 0.05) is 23.1 Å². The quantitative estimate of drug-likeness (QED) is 0.504. The number of H-pyrrole nitrogens is 1. The van der Waals surface area contributed by atoms with Gasteiger partial charge in [-0.3, -0.25) is 0 Å². The first-order chi connectivity index (χ1) is 11.3. The second-order valence-corrected chi connectivity index (χ2v) is 5.42. The first kappa shape index (κ1) is 13.5. The molecule has 6 nitrogen and oxygen atoms in total. The topological polar surface area (TPSA) is 92.5 Å². The van der Waals surface area contributed by atoms with Crippen LogP contribution in [0.3, 0.4) is 0 Å². The molecular weight excluding hydrogens is 288 g/mol. The maximum Gasteiger partial charge on any atom is 0.244 e. The molecule has 2 aromatic heterocycles. The minimum Gasteiger partial charge on any atom is -0.399 e. The van der Waals surface area contributed by atoms with Crippen LogP contribution < -0.4 is 11.1 Å². The number of nitrogens with zero attached hydrogens (tertiary/aromatic N) is 3. The van der Waals surface area contributed by atoms with Gasteiger partial charge in [-0.1, -0.05) is 30.3 Å². The highest BCUT2D eigenvalue weighted by Crippen LogP contribution is 2.21. The van der Waals surface area contributed by atoms with Crippen molar-refractivity contribution in [1.82, 2.24) is 20.2 Å². The van der Waals surface area contributed by atoms with Crippen molar-refractivity contribution in [3.8, 4) is 0 Å². The molecule has 0 aliphatic carbocycles. The Morgan fingerprint density at radius 2 is 1.83 bits per heavy atom. The van der Waals surface area contributed by atoms with Gasteiger partial charge in [0.2, 0.25) is 5.95 Å². The zero-order valence-corrected chi connectivity index (χ0v) is 12.5. The van der Waals surface area contributed by atoms with Gasteiger partial charge in [0.25, 0.3) is 0 Å². The molecule has 0 saturated heterocycles. The van der Waals surface area contributed by atoms with Gasteiger partial charge in [0.15, 0.2) is 5.65 Å². The third kappa shape index (κ3) is 2.66. The number of benzene rings is 2. The minimum atomic E-state index is 0.527. The van der Waals surface area contributed by atoms with E-state index in [-0.39, 0.29) is 0 Å². The molecule has 0 unspecified atom stereocenters. The zero-order valence-electron chi connectivity index (χ0n) is 12.5. The molecule has 0 atom stereocenters. The van der Waals surface area contributed by atoms with E-state index >= 15 is 0 Å². The van der Waals surface area contributed by atoms with Crippen LogP contribution in [0.15, 0.2) is 48.5 Å². The Labute approximate surface area is 132 Å². The smallest absolute Gasteiger partial charge is 0.244 e. The van der Waals surface area contributed by atoms with Crippen molar-refractivity contribution in [3.05, 3.63) is 54.1 Å². The summed E-state index contributed by atoms with van der Waals surface area (Å²) in [5, 5.41) is 12.7. The van der Waals surface area contributed by atoms with Crippen molar-refractivity contribution in [1.29, 1.82) is 0 Å². The predicted molar refractivity (Wildman–Crippen MR) is 92.2 cm³/mol. The zero-order chi connectivity index (χ0) is 15.6. The van der Waals surface area contributed by atoms with Crippen LogP contribution in [0.25, 0.3) is 22.1 Å². The fourth-order valence-electron chi connectivity index (χ4n) is 2.60. The number of nitrogen functional groups attached to an aromatic ring is 1. The van der Waals surface area contributed by atoms with Crippen LogP contribution in [0.1, 0.15) is 5.56 Å². The standard InChI is InChI=1S/C17H16N6/c18-12-7-5-11(6-8-12)9-10-19-17-21-16-15(22-23-17)13-3-1-2-4-14(13)20-16/h1-8H,9-10,18H2,(H2,19,20,21,23). The number of rotatable bonds is 4. The predicted octanol–water partition coefficient (Wildman–Crippen LogP) is 2.74. The molecule has 4 rings (SSSR count). The average molecular weight is 304 g/mol. The van der Waals surface area contributed by atoms with Crippen molar-refractivity contribution < 1.29 is 0 Å². The fraction of sp³-hybridized carbons (Fsp3) is 0.118. The van der Waals surface area contributed by atoms with E-state index in [4.69, 9.17) is 5.73 Å². The number of hydrogen-bond acceptors (Lipinski definition) is 5. The molecule has 0 spiro atoms. The van der Waals surface area contributed by atoms with E-state index in [0.29, 0.717) is 5.95 Å². The van der Waals surface area contributed by atoms with Crippen LogP contribution in [0.4, 0.5) is 11.6 Å². The molecule has 4 N–H and O–H groups in total. The molecule has 0 radical (unpaired) electrons. The molecule has 0 aliphatic rings. The second-order valence-electron chi connectivity index (χ2n) is 5.42. The molecule has 0 bridgehead atoms. The van der Waals surface area contributed by atoms with Crippen molar-refractivity contribution in [2.45, 2.75) is 6.42 Å². The minimum absolute atomic E-state index is 0.527. The monoisotopic (exact) mass is 304 g/mol. The fourth-order valence-corrected chi connectivity index (χ4v) is 2.60. The van der Waals surface area contributed by atoms with E-state index in [1.165, 1.54) is 5.56 Å². The summed E-state index contributed by atoms with van der Waals surface area (Å²) >= 11 is 0. The Bertz CT molecular complexity index is 958. The summed E-state index contributed by atoms with van der Waals surface area (Å²) in [4.78, 5) is 7.76. The van der Waals surface area contributed by atoms with E-state index in [9.17, 15) is 0 Å². The average Bonchev–Trinajstić information content (AvgIpc) is 2.94. The van der Waals surface area contributed by atoms with Crippen LogP contribution in [-0.4, -0.2) is 26.7 Å². The van der Waals surface area contributed by atoms with Crippen LogP contribution in [0.5, 0.6) is 0 Å². The first-order valence-electron chi connectivity index (χ1n) is 7.49. The molecule has 0 amide bonds. The maximum absolute atomic E-state index is 5.68. The Balaban J connectivity index is 1.50. The Kier molecular flexibility index (Phi) is 3.27. The van der Waals surface area contributed by atoms with Crippen molar-refractivity contribution in [2.75, 3.05) is 17.6 Å². The van der Waals surface area contributed by atoms with E-state index < -0.39 is 0 Å². The molecule has 0 fully saturated rings. The normalized spacial score (nSPS) is 11.1. The Morgan fingerprint density at radius 3 is 2.70 bits per heavy atom. The number of aromatic amines is 1. The maximum atomic E-state index is 5.68. The molecule has 2 heterocycles. The van der Waals surface area contributed by atoms with Gasteiger partial charge in [-0.15, -0.1) is 10.2 Å². The highest BCUT2D eigenvalue weighted by Gasteiger charge is 2.08. The number of nitrogens with one attached hydrogen (secondary N) is 2. The molecule has 23 heavy (non-hydrogen) atoms. The lowest BCUT2D eigenvalue weighted by molar-refractivity contribution is 0.951. The highest BCUT2D eigenvalue weighted by molar-refractivity contribution is 6.03. The second kappa shape index (κ2) is 5.57. The van der Waals surface area contributed by atoms with Gasteiger partial charge in [-0.05, 0) is 30.2 Å². The van der Waals surface area contributed by atoms with Crippen LogP contribution in [0, 0.1) is 0 Å². The van der Waals surface area contributed by atoms with Crippen LogP contribution in [-0.2, 0) is 6.42 Å². The highest BCUT2D eigenvalue weighted by atomic mass is 15.2. The molecule has 4 aromatic rings. The number of aromatic nitrogens is 4. The van der Waals surface area contributed by atoms with Gasteiger partial charge in [0.05, 0.1) is 0 Å². The Hall–Kier alpha value is -3.15. The molecule has 114 valence electrons. The van der Waals surface area contributed by atoms with Crippen molar-refractivity contribution in [2.24, 2.45) is 0 Å². The van der Waals surface area contributed by atoms with Crippen LogP contribution >= 0.6 is 0 Å². The summed E-state index contributed by atoms with van der Waals surface area (Å²) in [7, 11) is 0. The lowest BCUT2D eigenvalue weighted by Crippen LogP contribution is -2.08. The lowest BCUT2D eigenvalue weighted by atomic mass is 10.1. The number of hydrogen-bond donors (Lipinski definition) is 3. The summed E-state index contributed by atoms with van der Waals surface area (Å²) in [6.45, 7) is 0.733. The SMILES string of the molecule is Nc1ccc(CCNc2nnc3c(n2)[nH]c2ccccc23)cc1. The molecule has 2 aromatic carbocycles. The summed E-state index contributed by atoms with van der Waals surface area (Å²) < 4.78 is 0. The van der Waals surface area contributed by atoms with Gasteiger partial charge < -0.3 is 16.0 Å². The van der Waals surface area contributed by atoms with E-state index in [1.54, 1.807) is 0 Å². The molecule has 0 aliphatic heterocycles. The van der Waals surface area contributed by atoms with E-state index in [2.05, 4.69) is 25.5 Å². The molecular formula is C17H16N6. The third-order valence-electron chi connectivity index (χ3n) is 3.80. The first-order valence-corrected chi connectivity index (χ1v) is 7.49. The molecule has 6 heteroatoms. The summed E-state index contributed by atoms with van der Waals surface area (Å²) in [6.07, 6.45) is 0.869. The number of para-hydroxylation sites is 1. The number of anilines is 2. The van der Waals surface area contributed by atoms with Crippen LogP contribution in [0.2, 0.25) is 0 Å². The van der Waals surface area contributed by atoms with Crippen molar-refractivity contribution >= 4 is 33.7 Å². The lowest BCUT2D eigenvalue weighted by Gasteiger charge is -2.04. The third-order valence-corrected chi connectivity index (χ3v) is 3.80. The number of nitrogens with two attached hydrogens (primary N) is 1. The largest absolute Gasteiger partial charge is 0.399 e. The van der Waals surface area contributed by atoms with Gasteiger partial charge in [-0.2, -0.15) is 4.98 Å². The summed E-state index contributed by atoms with van der Waals surface area (Å²) in [5.41, 5.74) is 10.2. The van der Waals surface area contributed by atoms with Gasteiger partial charge in [-0.25, -0.2) is 0 Å². The number of fused-ring (bicyclic) bond motifs is 3. The van der Waals surface area contributed by atoms with Gasteiger partial charge >= 0.3 is 0 Å². The van der Waals surface area contributed by atoms with E-state index in [1.807, 2.05) is 48.5 Å². The molecule has 0 saturated carbocycles. The summed E-state index contributed by atoms with van der Waals surface area (Å²) in [6, 6.07) is 15.8. The van der Waals surface area contributed by atoms with E-state index in [0.717, 1.165) is 40.7 Å². The van der Waals surface area contributed by atoms with Crippen molar-refractivity contribution in [3.63, 3.8) is 0 Å². The van der Waals surface area contributed by atoms with Gasteiger partial charge in [0.1, 0.15) is 5.52 Å².